The van der Waals surface area contributed by atoms with Crippen molar-refractivity contribution in [1.29, 1.82) is 0 Å². The standard InChI is InChI=1S/C18H12N2O2S2/c1-10-16(18(21)22)24-17(20-10)12-6-7-13(19-9-12)15-8-11-4-2-3-5-14(11)23-15/h2-9H,1H3,(H,21,22). The van der Waals surface area contributed by atoms with Crippen molar-refractivity contribution in [1.82, 2.24) is 9.97 Å². The van der Waals surface area contributed by atoms with Gasteiger partial charge in [-0.3, -0.25) is 4.98 Å². The first-order chi connectivity index (χ1) is 11.6. The van der Waals surface area contributed by atoms with Gasteiger partial charge in [-0.1, -0.05) is 18.2 Å². The number of fused-ring (bicyclic) bond motifs is 1. The summed E-state index contributed by atoms with van der Waals surface area (Å²) in [6.45, 7) is 1.71. The fraction of sp³-hybridized carbons (Fsp3) is 0.0556. The molecule has 0 aliphatic rings. The number of rotatable bonds is 3. The Balaban J connectivity index is 1.69. The molecule has 0 aliphatic heterocycles. The van der Waals surface area contributed by atoms with Crippen molar-refractivity contribution in [3.63, 3.8) is 0 Å². The van der Waals surface area contributed by atoms with E-state index in [4.69, 9.17) is 5.11 Å². The van der Waals surface area contributed by atoms with Gasteiger partial charge in [-0.05, 0) is 36.6 Å². The molecule has 4 nitrogen and oxygen atoms in total. The van der Waals surface area contributed by atoms with Crippen molar-refractivity contribution in [3.05, 3.63) is 59.2 Å². The topological polar surface area (TPSA) is 63.1 Å². The summed E-state index contributed by atoms with van der Waals surface area (Å²) in [7, 11) is 0. The van der Waals surface area contributed by atoms with Crippen LogP contribution in [0.1, 0.15) is 15.4 Å². The number of hydrogen-bond acceptors (Lipinski definition) is 5. The molecule has 0 atom stereocenters. The number of aromatic carboxylic acids is 1. The van der Waals surface area contributed by atoms with Crippen LogP contribution in [-0.4, -0.2) is 21.0 Å². The Morgan fingerprint density at radius 2 is 1.96 bits per heavy atom. The zero-order chi connectivity index (χ0) is 16.7. The predicted molar refractivity (Wildman–Crippen MR) is 97.9 cm³/mol. The van der Waals surface area contributed by atoms with Gasteiger partial charge >= 0.3 is 5.97 Å². The normalized spacial score (nSPS) is 11.0. The number of benzene rings is 1. The first-order valence-electron chi connectivity index (χ1n) is 7.28. The average molecular weight is 352 g/mol. The summed E-state index contributed by atoms with van der Waals surface area (Å²) in [5.41, 5.74) is 2.28. The molecule has 0 unspecified atom stereocenters. The van der Waals surface area contributed by atoms with Crippen molar-refractivity contribution >= 4 is 38.7 Å². The lowest BCUT2D eigenvalue weighted by Crippen LogP contribution is -1.94. The second kappa shape index (κ2) is 5.81. The zero-order valence-corrected chi connectivity index (χ0v) is 14.3. The number of pyridine rings is 1. The molecule has 1 N–H and O–H groups in total. The highest BCUT2D eigenvalue weighted by molar-refractivity contribution is 7.22. The maximum Gasteiger partial charge on any atom is 0.347 e. The molecule has 118 valence electrons. The van der Waals surface area contributed by atoms with Gasteiger partial charge in [0, 0.05) is 16.5 Å². The van der Waals surface area contributed by atoms with Gasteiger partial charge in [-0.15, -0.1) is 22.7 Å². The summed E-state index contributed by atoms with van der Waals surface area (Å²) in [6.07, 6.45) is 1.75. The molecular formula is C18H12N2O2S2. The van der Waals surface area contributed by atoms with E-state index in [1.807, 2.05) is 24.3 Å². The van der Waals surface area contributed by atoms with Crippen LogP contribution in [-0.2, 0) is 0 Å². The van der Waals surface area contributed by atoms with Crippen LogP contribution in [0.25, 0.3) is 31.2 Å². The summed E-state index contributed by atoms with van der Waals surface area (Å²) < 4.78 is 1.24. The van der Waals surface area contributed by atoms with Crippen molar-refractivity contribution in [3.8, 4) is 21.1 Å². The molecule has 24 heavy (non-hydrogen) atoms. The minimum absolute atomic E-state index is 0.276. The second-order valence-corrected chi connectivity index (χ2v) is 7.40. The Kier molecular flexibility index (Phi) is 3.63. The minimum atomic E-state index is -0.939. The zero-order valence-electron chi connectivity index (χ0n) is 12.7. The summed E-state index contributed by atoms with van der Waals surface area (Å²) in [5.74, 6) is -0.939. The molecule has 0 fully saturated rings. The van der Waals surface area contributed by atoms with E-state index in [0.717, 1.165) is 16.1 Å². The number of thiazole rings is 1. The predicted octanol–water partition coefficient (Wildman–Crippen LogP) is 5.09. The third-order valence-corrected chi connectivity index (χ3v) is 6.01. The first-order valence-corrected chi connectivity index (χ1v) is 8.91. The van der Waals surface area contributed by atoms with Crippen LogP contribution in [0.3, 0.4) is 0 Å². The Morgan fingerprint density at radius 3 is 2.62 bits per heavy atom. The molecule has 3 aromatic heterocycles. The van der Waals surface area contributed by atoms with E-state index < -0.39 is 5.97 Å². The highest BCUT2D eigenvalue weighted by Crippen LogP contribution is 2.34. The molecule has 0 saturated carbocycles. The number of nitrogens with zero attached hydrogens (tertiary/aromatic N) is 2. The quantitative estimate of drug-likeness (QED) is 0.557. The van der Waals surface area contributed by atoms with E-state index in [1.54, 1.807) is 24.5 Å². The van der Waals surface area contributed by atoms with Gasteiger partial charge in [0.2, 0.25) is 0 Å². The highest BCUT2D eigenvalue weighted by atomic mass is 32.1. The van der Waals surface area contributed by atoms with E-state index >= 15 is 0 Å². The fourth-order valence-corrected chi connectivity index (χ4v) is 4.43. The van der Waals surface area contributed by atoms with Gasteiger partial charge in [0.25, 0.3) is 0 Å². The van der Waals surface area contributed by atoms with Crippen LogP contribution in [0.5, 0.6) is 0 Å². The Bertz CT molecular complexity index is 1020. The SMILES string of the molecule is Cc1nc(-c2ccc(-c3cc4ccccc4s3)nc2)sc1C(=O)O. The lowest BCUT2D eigenvalue weighted by molar-refractivity contribution is 0.0701. The van der Waals surface area contributed by atoms with Gasteiger partial charge < -0.3 is 5.11 Å². The van der Waals surface area contributed by atoms with Crippen LogP contribution < -0.4 is 0 Å². The Labute approximate surface area is 146 Å². The number of carboxylic acids is 1. The number of aromatic nitrogens is 2. The molecule has 0 saturated heterocycles. The molecule has 4 rings (SSSR count). The van der Waals surface area contributed by atoms with E-state index in [-0.39, 0.29) is 4.88 Å². The number of thiophene rings is 1. The van der Waals surface area contributed by atoms with Crippen molar-refractivity contribution in [2.75, 3.05) is 0 Å². The monoisotopic (exact) mass is 352 g/mol. The molecule has 4 aromatic rings. The molecule has 0 radical (unpaired) electrons. The average Bonchev–Trinajstić information content (AvgIpc) is 3.18. The van der Waals surface area contributed by atoms with Gasteiger partial charge in [-0.2, -0.15) is 0 Å². The van der Waals surface area contributed by atoms with Crippen LogP contribution >= 0.6 is 22.7 Å². The van der Waals surface area contributed by atoms with Crippen molar-refractivity contribution in [2.24, 2.45) is 0 Å². The summed E-state index contributed by atoms with van der Waals surface area (Å²) in [5, 5.41) is 11.0. The van der Waals surface area contributed by atoms with E-state index in [0.29, 0.717) is 10.7 Å². The van der Waals surface area contributed by atoms with E-state index in [9.17, 15) is 4.79 Å². The third-order valence-electron chi connectivity index (χ3n) is 3.68. The van der Waals surface area contributed by atoms with E-state index in [2.05, 4.69) is 28.2 Å². The Hall–Kier alpha value is -2.57. The fourth-order valence-electron chi connectivity index (χ4n) is 2.49. The minimum Gasteiger partial charge on any atom is -0.477 e. The number of aryl methyl sites for hydroxylation is 1. The number of carboxylic acid groups (broad SMARTS) is 1. The molecular weight excluding hydrogens is 340 g/mol. The van der Waals surface area contributed by atoms with Gasteiger partial charge in [-0.25, -0.2) is 9.78 Å². The summed E-state index contributed by atoms with van der Waals surface area (Å²) in [6, 6.07) is 14.3. The van der Waals surface area contributed by atoms with Crippen LogP contribution in [0.15, 0.2) is 48.7 Å². The van der Waals surface area contributed by atoms with Crippen LogP contribution in [0, 0.1) is 6.92 Å². The highest BCUT2D eigenvalue weighted by Gasteiger charge is 2.15. The van der Waals surface area contributed by atoms with Crippen LogP contribution in [0.2, 0.25) is 0 Å². The van der Waals surface area contributed by atoms with Crippen molar-refractivity contribution < 1.29 is 9.90 Å². The molecule has 3 heterocycles. The van der Waals surface area contributed by atoms with Crippen LogP contribution in [0.4, 0.5) is 0 Å². The van der Waals surface area contributed by atoms with Crippen molar-refractivity contribution in [2.45, 2.75) is 6.92 Å². The number of carbonyl (C=O) groups is 1. The molecule has 0 aliphatic carbocycles. The third kappa shape index (κ3) is 2.60. The summed E-state index contributed by atoms with van der Waals surface area (Å²) in [4.78, 5) is 21.4. The maximum atomic E-state index is 11.1. The van der Waals surface area contributed by atoms with E-state index in [1.165, 1.54) is 21.4 Å². The summed E-state index contributed by atoms with van der Waals surface area (Å²) >= 11 is 2.89. The first kappa shape index (κ1) is 15.0. The van der Waals surface area contributed by atoms with Gasteiger partial charge in [0.15, 0.2) is 0 Å². The number of hydrogen-bond donors (Lipinski definition) is 1. The van der Waals surface area contributed by atoms with Gasteiger partial charge in [0.05, 0.1) is 16.3 Å². The maximum absolute atomic E-state index is 11.1. The molecule has 6 heteroatoms. The molecule has 0 spiro atoms. The smallest absolute Gasteiger partial charge is 0.347 e. The largest absolute Gasteiger partial charge is 0.477 e. The lowest BCUT2D eigenvalue weighted by Gasteiger charge is -1.98. The second-order valence-electron chi connectivity index (χ2n) is 5.32. The van der Waals surface area contributed by atoms with Gasteiger partial charge in [0.1, 0.15) is 9.88 Å². The molecule has 1 aromatic carbocycles. The Morgan fingerprint density at radius 1 is 1.12 bits per heavy atom. The molecule has 0 amide bonds. The lowest BCUT2D eigenvalue weighted by atomic mass is 10.2. The molecule has 0 bridgehead atoms.